The van der Waals surface area contributed by atoms with Crippen molar-refractivity contribution in [2.24, 2.45) is 4.99 Å². The van der Waals surface area contributed by atoms with Gasteiger partial charge >= 0.3 is 0 Å². The molecule has 1 aromatic rings. The summed E-state index contributed by atoms with van der Waals surface area (Å²) in [4.78, 5) is 7.35. The number of rotatable bonds is 5. The van der Waals surface area contributed by atoms with Gasteiger partial charge in [0.25, 0.3) is 0 Å². The van der Waals surface area contributed by atoms with Gasteiger partial charge in [0, 0.05) is 37.2 Å². The van der Waals surface area contributed by atoms with E-state index in [0.717, 1.165) is 57.6 Å². The number of nitrogens with zero attached hydrogens (tertiary/aromatic N) is 2. The molecule has 2 aliphatic rings. The normalized spacial score (nSPS) is 24.2. The summed E-state index contributed by atoms with van der Waals surface area (Å²) in [6.45, 7) is 11.5. The van der Waals surface area contributed by atoms with Crippen molar-refractivity contribution in [2.75, 3.05) is 39.5 Å². The van der Waals surface area contributed by atoms with Gasteiger partial charge in [0.15, 0.2) is 5.96 Å². The molecule has 0 bridgehead atoms. The van der Waals surface area contributed by atoms with E-state index in [-0.39, 0.29) is 30.0 Å². The van der Waals surface area contributed by atoms with Gasteiger partial charge in [-0.3, -0.25) is 9.89 Å². The van der Waals surface area contributed by atoms with E-state index in [0.29, 0.717) is 12.1 Å². The summed E-state index contributed by atoms with van der Waals surface area (Å²) in [6.07, 6.45) is 0.942. The van der Waals surface area contributed by atoms with Crippen molar-refractivity contribution < 1.29 is 9.47 Å². The minimum absolute atomic E-state index is 0. The molecule has 2 heterocycles. The quantitative estimate of drug-likeness (QED) is 0.380. The molecule has 3 unspecified atom stereocenters. The minimum atomic E-state index is 0. The lowest BCUT2D eigenvalue weighted by Gasteiger charge is -2.37. The van der Waals surface area contributed by atoms with E-state index in [1.807, 2.05) is 12.1 Å². The van der Waals surface area contributed by atoms with E-state index in [1.165, 1.54) is 5.56 Å². The zero-order valence-corrected chi connectivity index (χ0v) is 18.9. The maximum absolute atomic E-state index is 5.77. The van der Waals surface area contributed by atoms with E-state index in [2.05, 4.69) is 48.4 Å². The highest BCUT2D eigenvalue weighted by molar-refractivity contribution is 14.0. The number of halogens is 1. The van der Waals surface area contributed by atoms with Gasteiger partial charge in [-0.25, -0.2) is 0 Å². The van der Waals surface area contributed by atoms with Crippen LogP contribution < -0.4 is 15.4 Å². The molecule has 0 radical (unpaired) electrons. The number of guanidine groups is 1. The van der Waals surface area contributed by atoms with Gasteiger partial charge < -0.3 is 20.1 Å². The lowest BCUT2D eigenvalue weighted by atomic mass is 10.0. The molecular weight excluding hydrogens is 455 g/mol. The second-order valence-corrected chi connectivity index (χ2v) is 7.10. The van der Waals surface area contributed by atoms with Crippen LogP contribution in [0.5, 0.6) is 5.75 Å². The zero-order chi connectivity index (χ0) is 18.4. The minimum Gasteiger partial charge on any atom is -0.493 e. The third-order valence-electron chi connectivity index (χ3n) is 5.11. The number of morpholine rings is 1. The van der Waals surface area contributed by atoms with Crippen molar-refractivity contribution in [3.63, 3.8) is 0 Å². The largest absolute Gasteiger partial charge is 0.493 e. The molecule has 0 saturated carbocycles. The molecule has 0 aromatic heterocycles. The molecular formula is C20H33IN4O2. The Balaban J connectivity index is 0.00000261. The molecule has 3 atom stereocenters. The topological polar surface area (TPSA) is 58.1 Å². The van der Waals surface area contributed by atoms with E-state index < -0.39 is 0 Å². The Labute approximate surface area is 180 Å². The number of hydrogen-bond acceptors (Lipinski definition) is 4. The first kappa shape index (κ1) is 22.2. The second-order valence-electron chi connectivity index (χ2n) is 7.10. The first-order valence-corrected chi connectivity index (χ1v) is 9.79. The lowest BCUT2D eigenvalue weighted by molar-refractivity contribution is -0.0165. The molecule has 0 amide bonds. The predicted octanol–water partition coefficient (Wildman–Crippen LogP) is 2.79. The summed E-state index contributed by atoms with van der Waals surface area (Å²) in [6, 6.07) is 9.33. The monoisotopic (exact) mass is 488 g/mol. The van der Waals surface area contributed by atoms with Crippen LogP contribution in [0.4, 0.5) is 0 Å². The van der Waals surface area contributed by atoms with Crippen LogP contribution in [-0.2, 0) is 4.74 Å². The Kier molecular flexibility index (Phi) is 9.11. The van der Waals surface area contributed by atoms with Crippen LogP contribution in [0.2, 0.25) is 0 Å². The molecule has 2 N–H and O–H groups in total. The smallest absolute Gasteiger partial charge is 0.191 e. The van der Waals surface area contributed by atoms with Crippen LogP contribution >= 0.6 is 24.0 Å². The number of aliphatic imine (C=N–C) groups is 1. The third kappa shape index (κ3) is 5.96. The van der Waals surface area contributed by atoms with Crippen LogP contribution in [0.1, 0.15) is 38.8 Å². The molecule has 0 aliphatic carbocycles. The summed E-state index contributed by atoms with van der Waals surface area (Å²) in [7, 11) is 0. The van der Waals surface area contributed by atoms with Crippen LogP contribution in [0.3, 0.4) is 0 Å². The molecule has 6 nitrogen and oxygen atoms in total. The predicted molar refractivity (Wildman–Crippen MR) is 120 cm³/mol. The Morgan fingerprint density at radius 1 is 1.33 bits per heavy atom. The van der Waals surface area contributed by atoms with Gasteiger partial charge in [0.05, 0.1) is 32.4 Å². The van der Waals surface area contributed by atoms with Gasteiger partial charge in [-0.05, 0) is 26.8 Å². The van der Waals surface area contributed by atoms with Gasteiger partial charge in [0.1, 0.15) is 5.75 Å². The Hall–Kier alpha value is -1.06. The first-order chi connectivity index (χ1) is 12.7. The van der Waals surface area contributed by atoms with Crippen molar-refractivity contribution in [1.29, 1.82) is 0 Å². The fourth-order valence-electron chi connectivity index (χ4n) is 3.70. The van der Waals surface area contributed by atoms with Crippen molar-refractivity contribution in [3.05, 3.63) is 29.8 Å². The molecule has 152 valence electrons. The summed E-state index contributed by atoms with van der Waals surface area (Å²) in [5.74, 6) is 1.85. The van der Waals surface area contributed by atoms with Crippen LogP contribution in [0.25, 0.3) is 0 Å². The van der Waals surface area contributed by atoms with E-state index in [4.69, 9.17) is 14.5 Å². The van der Waals surface area contributed by atoms with E-state index in [1.54, 1.807) is 0 Å². The SMILES string of the molecule is CCNC(=NCC(C)N1CCOCC1C)NC1CCOc2ccccc21.I. The Morgan fingerprint density at radius 2 is 2.15 bits per heavy atom. The number of ether oxygens (including phenoxy) is 2. The highest BCUT2D eigenvalue weighted by atomic mass is 127. The van der Waals surface area contributed by atoms with Crippen molar-refractivity contribution in [1.82, 2.24) is 15.5 Å². The van der Waals surface area contributed by atoms with E-state index >= 15 is 0 Å². The molecule has 1 fully saturated rings. The van der Waals surface area contributed by atoms with E-state index in [9.17, 15) is 0 Å². The summed E-state index contributed by atoms with van der Waals surface area (Å²) in [5, 5.41) is 6.98. The van der Waals surface area contributed by atoms with Crippen LogP contribution in [0.15, 0.2) is 29.3 Å². The summed E-state index contributed by atoms with van der Waals surface area (Å²) >= 11 is 0. The fraction of sp³-hybridized carbons (Fsp3) is 0.650. The lowest BCUT2D eigenvalue weighted by Crippen LogP contribution is -2.49. The second kappa shape index (κ2) is 11.1. The highest BCUT2D eigenvalue weighted by Gasteiger charge is 2.24. The fourth-order valence-corrected chi connectivity index (χ4v) is 3.70. The molecule has 2 aliphatic heterocycles. The average Bonchev–Trinajstić information content (AvgIpc) is 2.66. The highest BCUT2D eigenvalue weighted by Crippen LogP contribution is 2.31. The van der Waals surface area contributed by atoms with Gasteiger partial charge in [-0.15, -0.1) is 24.0 Å². The summed E-state index contributed by atoms with van der Waals surface area (Å²) < 4.78 is 11.3. The van der Waals surface area contributed by atoms with Crippen molar-refractivity contribution in [2.45, 2.75) is 45.3 Å². The molecule has 1 aromatic carbocycles. The maximum Gasteiger partial charge on any atom is 0.191 e. The summed E-state index contributed by atoms with van der Waals surface area (Å²) in [5.41, 5.74) is 1.21. The first-order valence-electron chi connectivity index (χ1n) is 9.79. The average molecular weight is 488 g/mol. The van der Waals surface area contributed by atoms with Crippen molar-refractivity contribution >= 4 is 29.9 Å². The van der Waals surface area contributed by atoms with Crippen molar-refractivity contribution in [3.8, 4) is 5.75 Å². The maximum atomic E-state index is 5.77. The number of hydrogen-bond donors (Lipinski definition) is 2. The van der Waals surface area contributed by atoms with Gasteiger partial charge in [-0.1, -0.05) is 18.2 Å². The molecule has 3 rings (SSSR count). The molecule has 7 heteroatoms. The van der Waals surface area contributed by atoms with Crippen LogP contribution in [-0.4, -0.2) is 62.4 Å². The molecule has 27 heavy (non-hydrogen) atoms. The molecule has 0 spiro atoms. The van der Waals surface area contributed by atoms with Gasteiger partial charge in [-0.2, -0.15) is 0 Å². The standard InChI is InChI=1S/C20H32N4O2.HI/c1-4-21-20(22-13-15(2)24-10-12-25-14-16(24)3)23-18-9-11-26-19-8-6-5-7-17(18)19;/h5-8,15-16,18H,4,9-14H2,1-3H3,(H2,21,22,23);1H. The number of benzene rings is 1. The Bertz CT molecular complexity index is 613. The number of fused-ring (bicyclic) bond motifs is 1. The zero-order valence-electron chi connectivity index (χ0n) is 16.6. The Morgan fingerprint density at radius 3 is 2.93 bits per heavy atom. The van der Waals surface area contributed by atoms with Crippen LogP contribution in [0, 0.1) is 0 Å². The number of para-hydroxylation sites is 1. The number of nitrogens with one attached hydrogen (secondary N) is 2. The molecule has 1 saturated heterocycles. The van der Waals surface area contributed by atoms with Gasteiger partial charge in [0.2, 0.25) is 0 Å². The third-order valence-corrected chi connectivity index (χ3v) is 5.11.